The molecule has 0 aromatic carbocycles. The molecule has 1 aromatic rings. The van der Waals surface area contributed by atoms with E-state index >= 15 is 0 Å². The molecule has 0 atom stereocenters. The number of rotatable bonds is 6. The van der Waals surface area contributed by atoms with Gasteiger partial charge in [0.25, 0.3) is 0 Å². The average Bonchev–Trinajstić information content (AvgIpc) is 2.21. The maximum absolute atomic E-state index is 4.96. The van der Waals surface area contributed by atoms with Crippen LogP contribution in [0.4, 0.5) is 0 Å². The van der Waals surface area contributed by atoms with Gasteiger partial charge in [0.1, 0.15) is 0 Å². The van der Waals surface area contributed by atoms with E-state index in [-0.39, 0.29) is 0 Å². The van der Waals surface area contributed by atoms with Gasteiger partial charge in [-0.1, -0.05) is 6.07 Å². The van der Waals surface area contributed by atoms with E-state index in [1.807, 2.05) is 19.2 Å². The highest BCUT2D eigenvalue weighted by Crippen LogP contribution is 1.98. The molecular formula is C11H18N2O. The fraction of sp³-hybridized carbons (Fsp3) is 0.545. The third-order valence-corrected chi connectivity index (χ3v) is 2.00. The van der Waals surface area contributed by atoms with Crippen LogP contribution in [0.5, 0.6) is 0 Å². The average molecular weight is 194 g/mol. The van der Waals surface area contributed by atoms with Crippen molar-refractivity contribution in [2.24, 2.45) is 0 Å². The molecular weight excluding hydrogens is 176 g/mol. The highest BCUT2D eigenvalue weighted by atomic mass is 16.5. The summed E-state index contributed by atoms with van der Waals surface area (Å²) < 4.78 is 4.96. The minimum Gasteiger partial charge on any atom is -0.385 e. The lowest BCUT2D eigenvalue weighted by Crippen LogP contribution is -2.16. The number of hydrogen-bond acceptors (Lipinski definition) is 3. The molecule has 0 aliphatic carbocycles. The van der Waals surface area contributed by atoms with Crippen LogP contribution in [-0.4, -0.2) is 25.2 Å². The minimum atomic E-state index is 0.819. The number of ether oxygens (including phenoxy) is 1. The smallest absolute Gasteiger partial charge is 0.0474 e. The Morgan fingerprint density at radius 3 is 2.93 bits per heavy atom. The molecule has 0 aliphatic rings. The molecule has 0 amide bonds. The fourth-order valence-corrected chi connectivity index (χ4v) is 1.18. The van der Waals surface area contributed by atoms with Crippen LogP contribution in [0.3, 0.4) is 0 Å². The van der Waals surface area contributed by atoms with Crippen molar-refractivity contribution in [3.8, 4) is 0 Å². The molecule has 1 heterocycles. The van der Waals surface area contributed by atoms with Gasteiger partial charge in [-0.2, -0.15) is 0 Å². The third-order valence-electron chi connectivity index (χ3n) is 2.00. The summed E-state index contributed by atoms with van der Waals surface area (Å²) >= 11 is 0. The lowest BCUT2D eigenvalue weighted by molar-refractivity contribution is 0.194. The van der Waals surface area contributed by atoms with Crippen LogP contribution in [0.25, 0.3) is 0 Å². The monoisotopic (exact) mass is 194 g/mol. The molecule has 1 aromatic heterocycles. The molecule has 14 heavy (non-hydrogen) atoms. The van der Waals surface area contributed by atoms with Crippen LogP contribution in [-0.2, 0) is 11.3 Å². The van der Waals surface area contributed by atoms with Crippen LogP contribution in [0.2, 0.25) is 0 Å². The van der Waals surface area contributed by atoms with Gasteiger partial charge >= 0.3 is 0 Å². The molecule has 3 nitrogen and oxygen atoms in total. The van der Waals surface area contributed by atoms with Gasteiger partial charge in [-0.3, -0.25) is 4.98 Å². The lowest BCUT2D eigenvalue weighted by atomic mass is 10.2. The zero-order valence-corrected chi connectivity index (χ0v) is 8.92. The van der Waals surface area contributed by atoms with E-state index in [1.54, 1.807) is 7.11 Å². The van der Waals surface area contributed by atoms with Gasteiger partial charge in [-0.05, 0) is 31.5 Å². The van der Waals surface area contributed by atoms with Crippen molar-refractivity contribution >= 4 is 0 Å². The Hall–Kier alpha value is -0.930. The van der Waals surface area contributed by atoms with Gasteiger partial charge in [-0.25, -0.2) is 0 Å². The van der Waals surface area contributed by atoms with Crippen molar-refractivity contribution < 1.29 is 4.74 Å². The number of hydrogen-bond donors (Lipinski definition) is 1. The summed E-state index contributed by atoms with van der Waals surface area (Å²) in [5, 5.41) is 3.34. The maximum atomic E-state index is 4.96. The van der Waals surface area contributed by atoms with Crippen molar-refractivity contribution in [1.82, 2.24) is 10.3 Å². The fourth-order valence-electron chi connectivity index (χ4n) is 1.18. The first-order chi connectivity index (χ1) is 6.83. The van der Waals surface area contributed by atoms with E-state index in [9.17, 15) is 0 Å². The first-order valence-electron chi connectivity index (χ1n) is 4.94. The summed E-state index contributed by atoms with van der Waals surface area (Å²) in [6.07, 6.45) is 2.97. The first kappa shape index (κ1) is 11.1. The third kappa shape index (κ3) is 4.35. The number of nitrogens with zero attached hydrogens (tertiary/aromatic N) is 1. The van der Waals surface area contributed by atoms with Crippen molar-refractivity contribution in [1.29, 1.82) is 0 Å². The summed E-state index contributed by atoms with van der Waals surface area (Å²) in [5.41, 5.74) is 2.29. The van der Waals surface area contributed by atoms with Gasteiger partial charge in [0, 0.05) is 32.2 Å². The molecule has 0 saturated carbocycles. The van der Waals surface area contributed by atoms with Gasteiger partial charge in [0.05, 0.1) is 0 Å². The highest BCUT2D eigenvalue weighted by Gasteiger charge is 1.92. The van der Waals surface area contributed by atoms with E-state index in [4.69, 9.17) is 4.74 Å². The summed E-state index contributed by atoms with van der Waals surface area (Å²) in [6.45, 7) is 4.69. The predicted molar refractivity (Wildman–Crippen MR) is 57.2 cm³/mol. The Balaban J connectivity index is 2.15. The Labute approximate surface area is 85.5 Å². The Bertz CT molecular complexity index is 246. The SMILES string of the molecule is COCCCNCc1ccc(C)nc1. The van der Waals surface area contributed by atoms with E-state index in [0.717, 1.165) is 31.8 Å². The quantitative estimate of drug-likeness (QED) is 0.697. The number of methoxy groups -OCH3 is 1. The van der Waals surface area contributed by atoms with Crippen LogP contribution in [0, 0.1) is 6.92 Å². The minimum absolute atomic E-state index is 0.819. The Morgan fingerprint density at radius 1 is 1.43 bits per heavy atom. The Morgan fingerprint density at radius 2 is 2.29 bits per heavy atom. The molecule has 0 radical (unpaired) electrons. The second kappa shape index (κ2) is 6.51. The van der Waals surface area contributed by atoms with Crippen LogP contribution in [0.1, 0.15) is 17.7 Å². The van der Waals surface area contributed by atoms with E-state index in [0.29, 0.717) is 0 Å². The number of pyridine rings is 1. The molecule has 3 heteroatoms. The van der Waals surface area contributed by atoms with E-state index in [2.05, 4.69) is 16.4 Å². The lowest BCUT2D eigenvalue weighted by Gasteiger charge is -2.04. The second-order valence-corrected chi connectivity index (χ2v) is 3.33. The summed E-state index contributed by atoms with van der Waals surface area (Å²) in [4.78, 5) is 4.23. The molecule has 0 saturated heterocycles. The van der Waals surface area contributed by atoms with Crippen molar-refractivity contribution in [2.45, 2.75) is 19.9 Å². The topological polar surface area (TPSA) is 34.1 Å². The number of aromatic nitrogens is 1. The molecule has 1 rings (SSSR count). The summed E-state index contributed by atoms with van der Waals surface area (Å²) in [5.74, 6) is 0. The highest BCUT2D eigenvalue weighted by molar-refractivity contribution is 5.12. The van der Waals surface area contributed by atoms with Gasteiger partial charge in [0.2, 0.25) is 0 Å². The molecule has 0 spiro atoms. The molecule has 0 aliphatic heterocycles. The van der Waals surface area contributed by atoms with Crippen molar-refractivity contribution in [2.75, 3.05) is 20.3 Å². The summed E-state index contributed by atoms with van der Waals surface area (Å²) in [6, 6.07) is 4.14. The second-order valence-electron chi connectivity index (χ2n) is 3.33. The van der Waals surface area contributed by atoms with Gasteiger partial charge in [-0.15, -0.1) is 0 Å². The zero-order chi connectivity index (χ0) is 10.2. The standard InChI is InChI=1S/C11H18N2O/c1-10-4-5-11(9-13-10)8-12-6-3-7-14-2/h4-5,9,12H,3,6-8H2,1-2H3. The van der Waals surface area contributed by atoms with Gasteiger partial charge < -0.3 is 10.1 Å². The Kier molecular flexibility index (Phi) is 5.19. The number of nitrogens with one attached hydrogen (secondary N) is 1. The summed E-state index contributed by atoms with van der Waals surface area (Å²) in [7, 11) is 1.73. The van der Waals surface area contributed by atoms with Gasteiger partial charge in [0.15, 0.2) is 0 Å². The zero-order valence-electron chi connectivity index (χ0n) is 8.92. The molecule has 0 fully saturated rings. The molecule has 78 valence electrons. The largest absolute Gasteiger partial charge is 0.385 e. The first-order valence-corrected chi connectivity index (χ1v) is 4.94. The van der Waals surface area contributed by atoms with Crippen molar-refractivity contribution in [3.05, 3.63) is 29.6 Å². The molecule has 0 unspecified atom stereocenters. The van der Waals surface area contributed by atoms with Crippen molar-refractivity contribution in [3.63, 3.8) is 0 Å². The number of aryl methyl sites for hydroxylation is 1. The molecule has 1 N–H and O–H groups in total. The molecule has 0 bridgehead atoms. The maximum Gasteiger partial charge on any atom is 0.0474 e. The van der Waals surface area contributed by atoms with Crippen LogP contribution < -0.4 is 5.32 Å². The predicted octanol–water partition coefficient (Wildman–Crippen LogP) is 1.52. The van der Waals surface area contributed by atoms with Crippen LogP contribution >= 0.6 is 0 Å². The normalized spacial score (nSPS) is 10.4. The van der Waals surface area contributed by atoms with Crippen LogP contribution in [0.15, 0.2) is 18.3 Å². The van der Waals surface area contributed by atoms with E-state index < -0.39 is 0 Å². The van der Waals surface area contributed by atoms with E-state index in [1.165, 1.54) is 5.56 Å².